The molecule has 1 atom stereocenters. The van der Waals surface area contributed by atoms with Crippen LogP contribution in [0.3, 0.4) is 0 Å². The highest BCUT2D eigenvalue weighted by Crippen LogP contribution is 2.31. The average Bonchev–Trinajstić information content (AvgIpc) is 3.23. The zero-order valence-electron chi connectivity index (χ0n) is 14.2. The molecule has 0 bridgehead atoms. The maximum atomic E-state index is 12.4. The Balaban J connectivity index is 1.76. The first-order valence-corrected chi connectivity index (χ1v) is 9.11. The van der Waals surface area contributed by atoms with Crippen molar-refractivity contribution in [1.29, 1.82) is 0 Å². The van der Waals surface area contributed by atoms with Gasteiger partial charge in [-0.2, -0.15) is 0 Å². The Morgan fingerprint density at radius 1 is 1.48 bits per heavy atom. The smallest absolute Gasteiger partial charge is 0.271 e. The molecule has 7 heteroatoms. The number of carbonyl (C=O) groups excluding carboxylic acids is 1. The highest BCUT2D eigenvalue weighted by atomic mass is 32.1. The summed E-state index contributed by atoms with van der Waals surface area (Å²) in [7, 11) is 0. The second-order valence-electron chi connectivity index (χ2n) is 5.62. The lowest BCUT2D eigenvalue weighted by Crippen LogP contribution is -2.26. The van der Waals surface area contributed by atoms with Crippen molar-refractivity contribution in [2.45, 2.75) is 26.3 Å². The molecule has 3 N–H and O–H groups in total. The third-order valence-electron chi connectivity index (χ3n) is 3.74. The van der Waals surface area contributed by atoms with E-state index in [1.807, 2.05) is 38.1 Å². The molecule has 1 unspecified atom stereocenters. The average molecular weight is 359 g/mol. The largest absolute Gasteiger partial charge is 0.490 e. The monoisotopic (exact) mass is 359 g/mol. The van der Waals surface area contributed by atoms with E-state index in [9.17, 15) is 4.79 Å². The van der Waals surface area contributed by atoms with E-state index in [0.29, 0.717) is 42.4 Å². The minimum atomic E-state index is -0.283. The number of rotatable bonds is 7. The van der Waals surface area contributed by atoms with Gasteiger partial charge in [0, 0.05) is 17.2 Å². The van der Waals surface area contributed by atoms with E-state index in [0.717, 1.165) is 10.4 Å². The summed E-state index contributed by atoms with van der Waals surface area (Å²) in [5.41, 5.74) is 6.62. The normalized spacial score (nSPS) is 12.3. The van der Waals surface area contributed by atoms with Crippen molar-refractivity contribution < 1.29 is 13.9 Å². The highest BCUT2D eigenvalue weighted by molar-refractivity contribution is 7.09. The summed E-state index contributed by atoms with van der Waals surface area (Å²) < 4.78 is 11.5. The number of nitrogens with zero attached hydrogens (tertiary/aromatic N) is 1. The van der Waals surface area contributed by atoms with E-state index in [2.05, 4.69) is 10.3 Å². The van der Waals surface area contributed by atoms with E-state index in [1.165, 1.54) is 11.3 Å². The van der Waals surface area contributed by atoms with Crippen LogP contribution in [0, 0.1) is 0 Å². The standard InChI is InChI=1S/C18H21N3O3S/c1-3-23-14-6-4-5-12-9-15(24-17(12)14)11(2)20-18(22)13-10-25-16(21-13)7-8-19/h4-6,9-11H,3,7-8,19H2,1-2H3,(H,20,22). The van der Waals surface area contributed by atoms with Crippen LogP contribution in [0.5, 0.6) is 5.75 Å². The molecule has 2 aromatic heterocycles. The fourth-order valence-corrected chi connectivity index (χ4v) is 3.33. The van der Waals surface area contributed by atoms with Crippen molar-refractivity contribution in [1.82, 2.24) is 10.3 Å². The molecule has 2 heterocycles. The van der Waals surface area contributed by atoms with Crippen LogP contribution >= 0.6 is 11.3 Å². The lowest BCUT2D eigenvalue weighted by molar-refractivity contribution is 0.0931. The minimum absolute atomic E-state index is 0.225. The molecular weight excluding hydrogens is 338 g/mol. The van der Waals surface area contributed by atoms with Gasteiger partial charge in [-0.05, 0) is 32.5 Å². The Bertz CT molecular complexity index is 871. The summed E-state index contributed by atoms with van der Waals surface area (Å²) in [5, 5.41) is 6.48. The first-order chi connectivity index (χ1) is 12.1. The number of ether oxygens (including phenoxy) is 1. The fraction of sp³-hybridized carbons (Fsp3) is 0.333. The molecule has 0 spiro atoms. The Labute approximate surface area is 150 Å². The summed E-state index contributed by atoms with van der Waals surface area (Å²) in [4.78, 5) is 16.7. The minimum Gasteiger partial charge on any atom is -0.490 e. The van der Waals surface area contributed by atoms with Crippen molar-refractivity contribution in [3.63, 3.8) is 0 Å². The number of nitrogens with two attached hydrogens (primary N) is 1. The quantitative estimate of drug-likeness (QED) is 0.675. The van der Waals surface area contributed by atoms with Gasteiger partial charge in [0.15, 0.2) is 11.3 Å². The number of benzene rings is 1. The Morgan fingerprint density at radius 3 is 3.08 bits per heavy atom. The van der Waals surface area contributed by atoms with Gasteiger partial charge in [0.05, 0.1) is 17.7 Å². The van der Waals surface area contributed by atoms with Crippen molar-refractivity contribution in [2.75, 3.05) is 13.2 Å². The maximum absolute atomic E-state index is 12.4. The highest BCUT2D eigenvalue weighted by Gasteiger charge is 2.18. The van der Waals surface area contributed by atoms with Gasteiger partial charge in [-0.3, -0.25) is 4.79 Å². The lowest BCUT2D eigenvalue weighted by atomic mass is 10.2. The molecule has 1 amide bonds. The van der Waals surface area contributed by atoms with Crippen LogP contribution in [0.1, 0.15) is 41.1 Å². The lowest BCUT2D eigenvalue weighted by Gasteiger charge is -2.10. The van der Waals surface area contributed by atoms with Crippen molar-refractivity contribution in [3.8, 4) is 5.75 Å². The zero-order valence-corrected chi connectivity index (χ0v) is 15.1. The van der Waals surface area contributed by atoms with E-state index in [-0.39, 0.29) is 11.9 Å². The predicted octanol–water partition coefficient (Wildman–Crippen LogP) is 3.28. The van der Waals surface area contributed by atoms with Gasteiger partial charge in [0.1, 0.15) is 11.5 Å². The molecule has 0 aliphatic rings. The number of fused-ring (bicyclic) bond motifs is 1. The predicted molar refractivity (Wildman–Crippen MR) is 98.1 cm³/mol. The van der Waals surface area contributed by atoms with Crippen LogP contribution in [-0.2, 0) is 6.42 Å². The second-order valence-corrected chi connectivity index (χ2v) is 6.56. The summed E-state index contributed by atoms with van der Waals surface area (Å²) in [5.74, 6) is 1.15. The van der Waals surface area contributed by atoms with Gasteiger partial charge >= 0.3 is 0 Å². The maximum Gasteiger partial charge on any atom is 0.271 e. The summed E-state index contributed by atoms with van der Waals surface area (Å²) in [6.07, 6.45) is 0.678. The Hall–Kier alpha value is -2.38. The van der Waals surface area contributed by atoms with Crippen LogP contribution in [0.15, 0.2) is 34.1 Å². The number of hydrogen-bond acceptors (Lipinski definition) is 6. The van der Waals surface area contributed by atoms with Crippen LogP contribution in [-0.4, -0.2) is 24.0 Å². The molecular formula is C18H21N3O3S. The van der Waals surface area contributed by atoms with Crippen LogP contribution < -0.4 is 15.8 Å². The van der Waals surface area contributed by atoms with Crippen molar-refractivity contribution >= 4 is 28.2 Å². The molecule has 0 radical (unpaired) electrons. The van der Waals surface area contributed by atoms with Gasteiger partial charge in [-0.15, -0.1) is 11.3 Å². The summed E-state index contributed by atoms with van der Waals surface area (Å²) in [6, 6.07) is 7.39. The number of para-hydroxylation sites is 1. The number of nitrogens with one attached hydrogen (secondary N) is 1. The molecule has 0 aliphatic carbocycles. The van der Waals surface area contributed by atoms with E-state index in [1.54, 1.807) is 5.38 Å². The molecule has 0 fully saturated rings. The first-order valence-electron chi connectivity index (χ1n) is 8.23. The van der Waals surface area contributed by atoms with Crippen LogP contribution in [0.4, 0.5) is 0 Å². The van der Waals surface area contributed by atoms with Gasteiger partial charge in [-0.25, -0.2) is 4.98 Å². The van der Waals surface area contributed by atoms with Crippen LogP contribution in [0.2, 0.25) is 0 Å². The summed E-state index contributed by atoms with van der Waals surface area (Å²) >= 11 is 1.44. The number of carbonyl (C=O) groups is 1. The molecule has 0 saturated heterocycles. The zero-order chi connectivity index (χ0) is 17.8. The number of furan rings is 1. The molecule has 1 aromatic carbocycles. The second kappa shape index (κ2) is 7.67. The number of thiazole rings is 1. The number of amides is 1. The van der Waals surface area contributed by atoms with Gasteiger partial charge in [-0.1, -0.05) is 12.1 Å². The van der Waals surface area contributed by atoms with Gasteiger partial charge < -0.3 is 20.2 Å². The van der Waals surface area contributed by atoms with Crippen molar-refractivity contribution in [2.24, 2.45) is 5.73 Å². The van der Waals surface area contributed by atoms with Crippen LogP contribution in [0.25, 0.3) is 11.0 Å². The van der Waals surface area contributed by atoms with E-state index in [4.69, 9.17) is 14.9 Å². The Morgan fingerprint density at radius 2 is 2.32 bits per heavy atom. The summed E-state index contributed by atoms with van der Waals surface area (Å²) in [6.45, 7) is 4.89. The SMILES string of the molecule is CCOc1cccc2cc(C(C)NC(=O)c3csc(CCN)n3)oc12. The molecule has 0 aliphatic heterocycles. The molecule has 132 valence electrons. The topological polar surface area (TPSA) is 90.4 Å². The van der Waals surface area contributed by atoms with Gasteiger partial charge in [0.25, 0.3) is 5.91 Å². The molecule has 3 aromatic rings. The first kappa shape index (κ1) is 17.4. The Kier molecular flexibility index (Phi) is 5.35. The number of hydrogen-bond donors (Lipinski definition) is 2. The number of aromatic nitrogens is 1. The van der Waals surface area contributed by atoms with E-state index < -0.39 is 0 Å². The van der Waals surface area contributed by atoms with E-state index >= 15 is 0 Å². The molecule has 25 heavy (non-hydrogen) atoms. The third-order valence-corrected chi connectivity index (χ3v) is 4.65. The van der Waals surface area contributed by atoms with Gasteiger partial charge in [0.2, 0.25) is 0 Å². The fourth-order valence-electron chi connectivity index (χ4n) is 2.53. The third kappa shape index (κ3) is 3.83. The molecule has 3 rings (SSSR count). The molecule has 0 saturated carbocycles. The van der Waals surface area contributed by atoms with Crippen molar-refractivity contribution in [3.05, 3.63) is 46.1 Å². The molecule has 6 nitrogen and oxygen atoms in total.